The highest BCUT2D eigenvalue weighted by atomic mass is 16.6. The number of oxime groups is 2. The van der Waals surface area contributed by atoms with Gasteiger partial charge in [-0.3, -0.25) is 14.8 Å². The van der Waals surface area contributed by atoms with Gasteiger partial charge in [-0.25, -0.2) is 0 Å². The van der Waals surface area contributed by atoms with Gasteiger partial charge in [-0.1, -0.05) is 34.6 Å². The second-order valence-electron chi connectivity index (χ2n) is 12.8. The molecule has 266 valence electrons. The minimum Gasteiger partial charge on any atom is -0.504 e. The van der Waals surface area contributed by atoms with Gasteiger partial charge in [0.05, 0.1) is 31.0 Å². The van der Waals surface area contributed by atoms with Crippen molar-refractivity contribution in [2.75, 3.05) is 14.2 Å². The smallest absolute Gasteiger partial charge is 0.316 e. The summed E-state index contributed by atoms with van der Waals surface area (Å²) in [6.45, 7) is 17.3. The van der Waals surface area contributed by atoms with Crippen molar-refractivity contribution in [2.45, 2.75) is 75.5 Å². The van der Waals surface area contributed by atoms with E-state index in [1.807, 2.05) is 77.9 Å². The fraction of sp³-hybridized carbons (Fsp3) is 0.359. The number of benzene rings is 2. The average Bonchev–Trinajstić information content (AvgIpc) is 3.05. The molecule has 0 saturated heterocycles. The second kappa shape index (κ2) is 17.8. The minimum absolute atomic E-state index is 0.0716. The van der Waals surface area contributed by atoms with Crippen molar-refractivity contribution in [3.63, 3.8) is 0 Å². The van der Waals surface area contributed by atoms with Crippen LogP contribution >= 0.6 is 0 Å². The number of esters is 1. The number of pyridine rings is 2. The molecule has 1 N–H and O–H groups in total. The molecule has 0 amide bonds. The largest absolute Gasteiger partial charge is 0.504 e. The third-order valence-electron chi connectivity index (χ3n) is 7.17. The number of rotatable bonds is 11. The summed E-state index contributed by atoms with van der Waals surface area (Å²) in [6.07, 6.45) is 0. The number of carbonyl (C=O) groups is 1. The van der Waals surface area contributed by atoms with Gasteiger partial charge in [0, 0.05) is 22.5 Å². The van der Waals surface area contributed by atoms with Crippen LogP contribution in [0.25, 0.3) is 0 Å². The van der Waals surface area contributed by atoms with E-state index in [1.54, 1.807) is 45.0 Å². The zero-order valence-electron chi connectivity index (χ0n) is 30.9. The highest BCUT2D eigenvalue weighted by Gasteiger charge is 2.26. The van der Waals surface area contributed by atoms with E-state index >= 15 is 0 Å². The molecule has 0 unspecified atom stereocenters. The van der Waals surface area contributed by atoms with Crippen molar-refractivity contribution in [1.29, 1.82) is 0 Å². The Hall–Kier alpha value is -5.45. The van der Waals surface area contributed by atoms with E-state index in [-0.39, 0.29) is 24.9 Å². The summed E-state index contributed by atoms with van der Waals surface area (Å²) in [6, 6.07) is 18.5. The van der Waals surface area contributed by atoms with Gasteiger partial charge in [-0.05, 0) is 110 Å². The van der Waals surface area contributed by atoms with Crippen molar-refractivity contribution >= 4 is 17.4 Å². The van der Waals surface area contributed by atoms with Crippen LogP contribution in [-0.4, -0.2) is 46.7 Å². The van der Waals surface area contributed by atoms with Crippen molar-refractivity contribution in [3.05, 3.63) is 106 Å². The summed E-state index contributed by atoms with van der Waals surface area (Å²) in [5, 5.41) is 18.2. The normalized spacial score (nSPS) is 11.7. The van der Waals surface area contributed by atoms with Crippen LogP contribution in [0.3, 0.4) is 0 Å². The third-order valence-corrected chi connectivity index (χ3v) is 7.17. The van der Waals surface area contributed by atoms with Gasteiger partial charge in [-0.2, -0.15) is 0 Å². The molecule has 11 nitrogen and oxygen atoms in total. The molecule has 0 fully saturated rings. The van der Waals surface area contributed by atoms with Crippen LogP contribution in [-0.2, 0) is 27.7 Å². The number of aryl methyl sites for hydroxylation is 4. The molecule has 4 aromatic rings. The Morgan fingerprint density at radius 2 is 1.18 bits per heavy atom. The Kier molecular flexibility index (Phi) is 13.9. The van der Waals surface area contributed by atoms with Crippen molar-refractivity contribution in [3.8, 4) is 23.0 Å². The predicted octanol–water partition coefficient (Wildman–Crippen LogP) is 7.95. The number of phenols is 1. The Labute approximate surface area is 294 Å². The van der Waals surface area contributed by atoms with Gasteiger partial charge in [0.15, 0.2) is 23.0 Å². The molecule has 0 bridgehead atoms. The molecular formula is C39H48N4O7. The molecule has 0 aliphatic rings. The Bertz CT molecular complexity index is 1800. The van der Waals surface area contributed by atoms with Crippen LogP contribution in [0.2, 0.25) is 0 Å². The quantitative estimate of drug-likeness (QED) is 0.0723. The number of hydrogen-bond donors (Lipinski definition) is 1. The summed E-state index contributed by atoms with van der Waals surface area (Å²) in [5.74, 6) is 0.954. The summed E-state index contributed by atoms with van der Waals surface area (Å²) in [4.78, 5) is 32.1. The molecule has 0 aliphatic carbocycles. The molecule has 0 saturated carbocycles. The fourth-order valence-electron chi connectivity index (χ4n) is 4.59. The highest BCUT2D eigenvalue weighted by molar-refractivity contribution is 5.97. The maximum Gasteiger partial charge on any atom is 0.316 e. The lowest BCUT2D eigenvalue weighted by molar-refractivity contribution is -0.143. The number of aromatic nitrogens is 2. The summed E-state index contributed by atoms with van der Waals surface area (Å²) in [5.41, 5.74) is 7.66. The lowest BCUT2D eigenvalue weighted by atomic mass is 9.97. The lowest BCUT2D eigenvalue weighted by Gasteiger charge is -2.19. The van der Waals surface area contributed by atoms with Gasteiger partial charge in [-0.15, -0.1) is 0 Å². The molecule has 0 spiro atoms. The molecule has 4 rings (SSSR count). The summed E-state index contributed by atoms with van der Waals surface area (Å²) in [7, 11) is 3.04. The standard InChI is InChI=1S/C22H28N2O4.C17H20N2O3/c1-14-11-15(2)23-18(12-14)16(3)24-27-13-17-9-8-10-19(26-7)20(17)28-21(25)22(4,5)6;1-11-8-12(2)18-15(9-11)13(3)19-22-10-14-6-5-7-16(21-4)17(14)20/h8-12H,13H2,1-7H3;5-9,20H,10H2,1-4H3/b24-16+;19-13+. The van der Waals surface area contributed by atoms with Crippen LogP contribution in [0.5, 0.6) is 23.0 Å². The van der Waals surface area contributed by atoms with Gasteiger partial charge < -0.3 is 29.0 Å². The first-order valence-electron chi connectivity index (χ1n) is 16.1. The molecule has 0 atom stereocenters. The first-order valence-corrected chi connectivity index (χ1v) is 16.1. The monoisotopic (exact) mass is 684 g/mol. The second-order valence-corrected chi connectivity index (χ2v) is 12.8. The SMILES string of the molecule is COc1cccc(CO/N=C(\C)c2cc(C)cc(C)n2)c1O.COc1cccc(CO/N=C(\C)c2cc(C)cc(C)n2)c1OC(=O)C(C)(C)C. The zero-order valence-corrected chi connectivity index (χ0v) is 30.9. The predicted molar refractivity (Wildman–Crippen MR) is 194 cm³/mol. The minimum atomic E-state index is -0.636. The number of ether oxygens (including phenoxy) is 3. The molecular weight excluding hydrogens is 636 g/mol. The van der Waals surface area contributed by atoms with Crippen LogP contribution < -0.4 is 14.2 Å². The molecule has 2 aromatic carbocycles. The van der Waals surface area contributed by atoms with Gasteiger partial charge in [0.2, 0.25) is 0 Å². The van der Waals surface area contributed by atoms with E-state index in [0.29, 0.717) is 39.8 Å². The van der Waals surface area contributed by atoms with E-state index in [4.69, 9.17) is 23.9 Å². The van der Waals surface area contributed by atoms with Gasteiger partial charge >= 0.3 is 5.97 Å². The highest BCUT2D eigenvalue weighted by Crippen LogP contribution is 2.34. The molecule has 50 heavy (non-hydrogen) atoms. The van der Waals surface area contributed by atoms with Crippen LogP contribution in [0.15, 0.2) is 71.0 Å². The van der Waals surface area contributed by atoms with Crippen LogP contribution in [0.1, 0.15) is 79.6 Å². The molecule has 2 heterocycles. The van der Waals surface area contributed by atoms with E-state index in [0.717, 1.165) is 33.9 Å². The number of carbonyl (C=O) groups excluding carboxylic acids is 1. The maximum absolute atomic E-state index is 12.3. The third kappa shape index (κ3) is 11.3. The first-order chi connectivity index (χ1) is 23.6. The van der Waals surface area contributed by atoms with Gasteiger partial charge in [0.1, 0.15) is 24.6 Å². The maximum atomic E-state index is 12.3. The Morgan fingerprint density at radius 3 is 1.64 bits per heavy atom. The Morgan fingerprint density at radius 1 is 0.720 bits per heavy atom. The van der Waals surface area contributed by atoms with Crippen LogP contribution in [0, 0.1) is 33.1 Å². The van der Waals surface area contributed by atoms with E-state index in [1.165, 1.54) is 14.2 Å². The fourth-order valence-corrected chi connectivity index (χ4v) is 4.59. The van der Waals surface area contributed by atoms with E-state index in [2.05, 4.69) is 20.3 Å². The first kappa shape index (κ1) is 39.0. The molecule has 2 aromatic heterocycles. The number of para-hydroxylation sites is 2. The summed E-state index contributed by atoms with van der Waals surface area (Å²) < 4.78 is 16.0. The molecule has 0 radical (unpaired) electrons. The zero-order chi connectivity index (χ0) is 37.0. The molecule has 0 aliphatic heterocycles. The lowest BCUT2D eigenvalue weighted by Crippen LogP contribution is -2.26. The van der Waals surface area contributed by atoms with E-state index in [9.17, 15) is 9.90 Å². The Balaban J connectivity index is 0.000000278. The number of methoxy groups -OCH3 is 2. The van der Waals surface area contributed by atoms with Crippen molar-refractivity contribution < 1.29 is 33.8 Å². The van der Waals surface area contributed by atoms with Gasteiger partial charge in [0.25, 0.3) is 0 Å². The average molecular weight is 685 g/mol. The van der Waals surface area contributed by atoms with Crippen LogP contribution in [0.4, 0.5) is 0 Å². The number of phenolic OH excluding ortho intramolecular Hbond substituents is 1. The number of aromatic hydroxyl groups is 1. The topological polar surface area (TPSA) is 134 Å². The number of nitrogens with zero attached hydrogens (tertiary/aromatic N) is 4. The van der Waals surface area contributed by atoms with Crippen molar-refractivity contribution in [2.24, 2.45) is 15.7 Å². The van der Waals surface area contributed by atoms with Crippen molar-refractivity contribution in [1.82, 2.24) is 9.97 Å². The summed E-state index contributed by atoms with van der Waals surface area (Å²) >= 11 is 0. The number of hydrogen-bond acceptors (Lipinski definition) is 11. The molecule has 11 heteroatoms. The van der Waals surface area contributed by atoms with E-state index < -0.39 is 5.41 Å².